The van der Waals surface area contributed by atoms with E-state index >= 15 is 0 Å². The van der Waals surface area contributed by atoms with Gasteiger partial charge in [-0.05, 0) is 24.6 Å². The van der Waals surface area contributed by atoms with Crippen LogP contribution in [0.15, 0.2) is 29.4 Å². The Hall–Kier alpha value is -1.30. The molecule has 1 atom stereocenters. The van der Waals surface area contributed by atoms with Crippen molar-refractivity contribution < 1.29 is 5.21 Å². The minimum atomic E-state index is -0.0160. The fourth-order valence-electron chi connectivity index (χ4n) is 2.43. The van der Waals surface area contributed by atoms with Crippen LogP contribution in [-0.2, 0) is 6.54 Å². The molecule has 0 spiro atoms. The van der Waals surface area contributed by atoms with E-state index in [0.717, 1.165) is 37.7 Å². The Kier molecular flexibility index (Phi) is 5.23. The van der Waals surface area contributed by atoms with E-state index in [-0.39, 0.29) is 11.9 Å². The second kappa shape index (κ2) is 6.92. The van der Waals surface area contributed by atoms with Crippen molar-refractivity contribution >= 4 is 17.4 Å². The molecular formula is C14H21ClN4O. The lowest BCUT2D eigenvalue weighted by atomic mass is 10.1. The number of nitrogens with two attached hydrogens (primary N) is 1. The number of hydrogen-bond acceptors (Lipinski definition) is 4. The van der Waals surface area contributed by atoms with Gasteiger partial charge in [0.1, 0.15) is 0 Å². The van der Waals surface area contributed by atoms with E-state index in [1.807, 2.05) is 19.1 Å². The highest BCUT2D eigenvalue weighted by atomic mass is 35.5. The molecule has 6 heteroatoms. The first-order chi connectivity index (χ1) is 9.60. The fourth-order valence-corrected chi connectivity index (χ4v) is 2.55. The number of rotatable bonds is 4. The van der Waals surface area contributed by atoms with E-state index in [9.17, 15) is 0 Å². The SMILES string of the molecule is CC(C(N)=NO)N1CCN(Cc2ccc(Cl)cc2)CC1. The Morgan fingerprint density at radius 1 is 1.30 bits per heavy atom. The van der Waals surface area contributed by atoms with Gasteiger partial charge in [0.15, 0.2) is 5.84 Å². The van der Waals surface area contributed by atoms with Crippen molar-refractivity contribution in [2.75, 3.05) is 26.2 Å². The van der Waals surface area contributed by atoms with Gasteiger partial charge < -0.3 is 10.9 Å². The predicted molar refractivity (Wildman–Crippen MR) is 81.2 cm³/mol. The molecule has 3 N–H and O–H groups in total. The van der Waals surface area contributed by atoms with Gasteiger partial charge in [-0.1, -0.05) is 28.9 Å². The molecule has 5 nitrogen and oxygen atoms in total. The van der Waals surface area contributed by atoms with Crippen molar-refractivity contribution in [3.63, 3.8) is 0 Å². The van der Waals surface area contributed by atoms with Crippen molar-refractivity contribution in [1.29, 1.82) is 0 Å². The Morgan fingerprint density at radius 2 is 1.90 bits per heavy atom. The Labute approximate surface area is 124 Å². The van der Waals surface area contributed by atoms with Crippen molar-refractivity contribution in [3.05, 3.63) is 34.9 Å². The third-order valence-electron chi connectivity index (χ3n) is 3.82. The topological polar surface area (TPSA) is 65.1 Å². The quantitative estimate of drug-likeness (QED) is 0.383. The summed E-state index contributed by atoms with van der Waals surface area (Å²) in [6.45, 7) is 6.69. The lowest BCUT2D eigenvalue weighted by Gasteiger charge is -2.37. The number of nitrogens with zero attached hydrogens (tertiary/aromatic N) is 3. The molecule has 110 valence electrons. The van der Waals surface area contributed by atoms with Crippen molar-refractivity contribution in [2.24, 2.45) is 10.9 Å². The van der Waals surface area contributed by atoms with E-state index in [1.54, 1.807) is 0 Å². The molecule has 20 heavy (non-hydrogen) atoms. The highest BCUT2D eigenvalue weighted by Gasteiger charge is 2.23. The average Bonchev–Trinajstić information content (AvgIpc) is 2.49. The summed E-state index contributed by atoms with van der Waals surface area (Å²) in [6, 6.07) is 7.96. The molecule has 0 saturated carbocycles. The van der Waals surface area contributed by atoms with Crippen LogP contribution in [0.3, 0.4) is 0 Å². The summed E-state index contributed by atoms with van der Waals surface area (Å²) in [5.41, 5.74) is 6.92. The minimum Gasteiger partial charge on any atom is -0.409 e. The second-order valence-electron chi connectivity index (χ2n) is 5.14. The van der Waals surface area contributed by atoms with Gasteiger partial charge in [-0.25, -0.2) is 0 Å². The molecule has 1 aliphatic rings. The lowest BCUT2D eigenvalue weighted by molar-refractivity contribution is 0.116. The van der Waals surface area contributed by atoms with Gasteiger partial charge in [-0.2, -0.15) is 0 Å². The molecule has 0 aromatic heterocycles. The third kappa shape index (κ3) is 3.85. The van der Waals surface area contributed by atoms with E-state index in [2.05, 4.69) is 27.1 Å². The van der Waals surface area contributed by atoms with Gasteiger partial charge in [-0.3, -0.25) is 9.80 Å². The molecule has 1 aromatic rings. The van der Waals surface area contributed by atoms with E-state index in [0.29, 0.717) is 0 Å². The van der Waals surface area contributed by atoms with Gasteiger partial charge in [0, 0.05) is 37.7 Å². The van der Waals surface area contributed by atoms with Gasteiger partial charge in [0.2, 0.25) is 0 Å². The van der Waals surface area contributed by atoms with Crippen LogP contribution in [-0.4, -0.2) is 53.1 Å². The molecule has 1 aliphatic heterocycles. The van der Waals surface area contributed by atoms with E-state index in [1.165, 1.54) is 5.56 Å². The highest BCUT2D eigenvalue weighted by molar-refractivity contribution is 6.30. The molecule has 0 radical (unpaired) electrons. The molecule has 1 aromatic carbocycles. The maximum absolute atomic E-state index is 8.72. The van der Waals surface area contributed by atoms with Crippen LogP contribution in [0.2, 0.25) is 5.02 Å². The standard InChI is InChI=1S/C14H21ClN4O/c1-11(14(16)17-20)19-8-6-18(7-9-19)10-12-2-4-13(15)5-3-12/h2-5,11,20H,6-10H2,1H3,(H2,16,17). The molecule has 1 heterocycles. The second-order valence-corrected chi connectivity index (χ2v) is 5.58. The summed E-state index contributed by atoms with van der Waals surface area (Å²) in [5.74, 6) is 0.274. The normalized spacial score (nSPS) is 20.0. The Bertz CT molecular complexity index is 455. The van der Waals surface area contributed by atoms with Crippen LogP contribution in [0.25, 0.3) is 0 Å². The number of hydrogen-bond donors (Lipinski definition) is 2. The number of piperazine rings is 1. The van der Waals surface area contributed by atoms with Crippen LogP contribution >= 0.6 is 11.6 Å². The summed E-state index contributed by atoms with van der Waals surface area (Å²) in [6.07, 6.45) is 0. The van der Waals surface area contributed by atoms with Crippen molar-refractivity contribution in [1.82, 2.24) is 9.80 Å². The van der Waals surface area contributed by atoms with Crippen LogP contribution in [0.4, 0.5) is 0 Å². The van der Waals surface area contributed by atoms with E-state index < -0.39 is 0 Å². The third-order valence-corrected chi connectivity index (χ3v) is 4.07. The zero-order valence-electron chi connectivity index (χ0n) is 11.7. The van der Waals surface area contributed by atoms with Crippen LogP contribution in [0.1, 0.15) is 12.5 Å². The van der Waals surface area contributed by atoms with Crippen molar-refractivity contribution in [2.45, 2.75) is 19.5 Å². The van der Waals surface area contributed by atoms with Crippen LogP contribution in [0.5, 0.6) is 0 Å². The molecule has 2 rings (SSSR count). The summed E-state index contributed by atoms with van der Waals surface area (Å²) in [5, 5.41) is 12.6. The molecule has 1 unspecified atom stereocenters. The first kappa shape index (κ1) is 15.1. The number of benzene rings is 1. The maximum atomic E-state index is 8.72. The number of halogens is 1. The summed E-state index contributed by atoms with van der Waals surface area (Å²) >= 11 is 5.89. The first-order valence-electron chi connectivity index (χ1n) is 6.78. The average molecular weight is 297 g/mol. The molecule has 1 saturated heterocycles. The minimum absolute atomic E-state index is 0.0160. The largest absolute Gasteiger partial charge is 0.409 e. The molecular weight excluding hydrogens is 276 g/mol. The highest BCUT2D eigenvalue weighted by Crippen LogP contribution is 2.13. The lowest BCUT2D eigenvalue weighted by Crippen LogP contribution is -2.52. The summed E-state index contributed by atoms with van der Waals surface area (Å²) < 4.78 is 0. The van der Waals surface area contributed by atoms with Crippen LogP contribution in [0, 0.1) is 0 Å². The summed E-state index contributed by atoms with van der Waals surface area (Å²) in [7, 11) is 0. The molecule has 0 amide bonds. The summed E-state index contributed by atoms with van der Waals surface area (Å²) in [4.78, 5) is 4.63. The van der Waals surface area contributed by atoms with Crippen molar-refractivity contribution in [3.8, 4) is 0 Å². The zero-order chi connectivity index (χ0) is 14.5. The maximum Gasteiger partial charge on any atom is 0.156 e. The van der Waals surface area contributed by atoms with Gasteiger partial charge >= 0.3 is 0 Å². The van der Waals surface area contributed by atoms with Gasteiger partial charge in [-0.15, -0.1) is 0 Å². The van der Waals surface area contributed by atoms with Crippen LogP contribution < -0.4 is 5.73 Å². The molecule has 0 aliphatic carbocycles. The molecule has 1 fully saturated rings. The number of amidine groups is 1. The van der Waals surface area contributed by atoms with Gasteiger partial charge in [0.25, 0.3) is 0 Å². The fraction of sp³-hybridized carbons (Fsp3) is 0.500. The predicted octanol–water partition coefficient (Wildman–Crippen LogP) is 1.59. The smallest absolute Gasteiger partial charge is 0.156 e. The first-order valence-corrected chi connectivity index (χ1v) is 7.16. The van der Waals surface area contributed by atoms with E-state index in [4.69, 9.17) is 22.5 Å². The zero-order valence-corrected chi connectivity index (χ0v) is 12.4. The molecule has 0 bridgehead atoms. The van der Waals surface area contributed by atoms with Gasteiger partial charge in [0.05, 0.1) is 6.04 Å². The number of oxime groups is 1. The Balaban J connectivity index is 1.84. The monoisotopic (exact) mass is 296 g/mol. The Morgan fingerprint density at radius 3 is 2.45 bits per heavy atom.